The van der Waals surface area contributed by atoms with E-state index >= 15 is 0 Å². The van der Waals surface area contributed by atoms with Gasteiger partial charge in [0.1, 0.15) is 0 Å². The number of hydrogen-bond acceptors (Lipinski definition) is 5. The number of ether oxygens (including phenoxy) is 2. The normalized spacial score (nSPS) is 14.1. The van der Waals surface area contributed by atoms with Crippen LogP contribution in [0.15, 0.2) is 70.2 Å². The van der Waals surface area contributed by atoms with Gasteiger partial charge in [-0.05, 0) is 30.3 Å². The Bertz CT molecular complexity index is 965. The van der Waals surface area contributed by atoms with E-state index < -0.39 is 5.79 Å². The maximum absolute atomic E-state index is 12.6. The van der Waals surface area contributed by atoms with Crippen LogP contribution in [0.5, 0.6) is 11.5 Å². The van der Waals surface area contributed by atoms with Gasteiger partial charge in [-0.15, -0.1) is 11.8 Å². The molecule has 0 aliphatic carbocycles. The molecule has 27 heavy (non-hydrogen) atoms. The molecule has 0 bridgehead atoms. The third-order valence-corrected chi connectivity index (χ3v) is 5.06. The fourth-order valence-corrected chi connectivity index (χ4v) is 3.71. The van der Waals surface area contributed by atoms with Gasteiger partial charge in [-0.25, -0.2) is 0 Å². The number of thioether (sulfide) groups is 1. The first-order valence-electron chi connectivity index (χ1n) is 8.58. The molecular formula is C21H19NO4S. The Labute approximate surface area is 161 Å². The van der Waals surface area contributed by atoms with Crippen LogP contribution in [-0.2, 0) is 5.75 Å². The number of hydrogen-bond donors (Lipinski definition) is 1. The van der Waals surface area contributed by atoms with Gasteiger partial charge in [0.15, 0.2) is 17.3 Å². The fraction of sp³-hybridized carbons (Fsp3) is 0.190. The summed E-state index contributed by atoms with van der Waals surface area (Å²) in [6.45, 7) is 3.68. The molecule has 1 N–H and O–H groups in total. The van der Waals surface area contributed by atoms with Gasteiger partial charge in [0.2, 0.25) is 5.79 Å². The number of benzene rings is 2. The third-order valence-electron chi connectivity index (χ3n) is 4.00. The molecule has 0 spiro atoms. The van der Waals surface area contributed by atoms with E-state index in [1.807, 2.05) is 50.2 Å². The average molecular weight is 381 g/mol. The Morgan fingerprint density at radius 2 is 1.81 bits per heavy atom. The van der Waals surface area contributed by atoms with Crippen LogP contribution in [0.2, 0.25) is 0 Å². The number of anilines is 1. The first-order chi connectivity index (χ1) is 13.0. The van der Waals surface area contributed by atoms with E-state index in [0.29, 0.717) is 28.7 Å². The lowest BCUT2D eigenvalue weighted by molar-refractivity contribution is -0.0431. The molecular weight excluding hydrogens is 362 g/mol. The molecule has 5 nitrogen and oxygen atoms in total. The molecule has 0 atom stereocenters. The summed E-state index contributed by atoms with van der Waals surface area (Å²) < 4.78 is 16.8. The SMILES string of the molecule is CC1(C)Oc2ccc(NC(=O)c3occc3CSc3ccccc3)cc2O1. The monoisotopic (exact) mass is 381 g/mol. The van der Waals surface area contributed by atoms with E-state index in [0.717, 1.165) is 10.5 Å². The average Bonchev–Trinajstić information content (AvgIpc) is 3.23. The summed E-state index contributed by atoms with van der Waals surface area (Å²) in [6.07, 6.45) is 1.54. The van der Waals surface area contributed by atoms with E-state index in [-0.39, 0.29) is 5.91 Å². The van der Waals surface area contributed by atoms with Crippen molar-refractivity contribution in [2.75, 3.05) is 5.32 Å². The van der Waals surface area contributed by atoms with E-state index in [1.165, 1.54) is 6.26 Å². The highest BCUT2D eigenvalue weighted by Crippen LogP contribution is 2.40. The second kappa shape index (κ2) is 7.04. The topological polar surface area (TPSA) is 60.7 Å². The number of nitrogens with one attached hydrogen (secondary N) is 1. The number of carbonyl (C=O) groups is 1. The molecule has 1 aliphatic heterocycles. The van der Waals surface area contributed by atoms with Crippen molar-refractivity contribution >= 4 is 23.4 Å². The molecule has 138 valence electrons. The summed E-state index contributed by atoms with van der Waals surface area (Å²) in [5.41, 5.74) is 1.47. The number of rotatable bonds is 5. The Morgan fingerprint density at radius 3 is 2.63 bits per heavy atom. The summed E-state index contributed by atoms with van der Waals surface area (Å²) in [6, 6.07) is 17.2. The lowest BCUT2D eigenvalue weighted by Gasteiger charge is -2.16. The molecule has 6 heteroatoms. The van der Waals surface area contributed by atoms with Crippen LogP contribution < -0.4 is 14.8 Å². The largest absolute Gasteiger partial charge is 0.459 e. The first-order valence-corrected chi connectivity index (χ1v) is 9.56. The highest BCUT2D eigenvalue weighted by molar-refractivity contribution is 7.98. The Balaban J connectivity index is 1.45. The van der Waals surface area contributed by atoms with Crippen LogP contribution in [0.25, 0.3) is 0 Å². The van der Waals surface area contributed by atoms with Gasteiger partial charge in [0.25, 0.3) is 5.91 Å². The van der Waals surface area contributed by atoms with E-state index in [9.17, 15) is 4.79 Å². The van der Waals surface area contributed by atoms with Crippen molar-refractivity contribution in [3.8, 4) is 11.5 Å². The predicted molar refractivity (Wildman–Crippen MR) is 104 cm³/mol. The zero-order valence-electron chi connectivity index (χ0n) is 15.0. The Kier molecular flexibility index (Phi) is 4.58. The minimum atomic E-state index is -0.701. The van der Waals surface area contributed by atoms with E-state index in [2.05, 4.69) is 5.32 Å². The van der Waals surface area contributed by atoms with Crippen molar-refractivity contribution < 1.29 is 18.7 Å². The molecule has 0 unspecified atom stereocenters. The van der Waals surface area contributed by atoms with Crippen LogP contribution in [-0.4, -0.2) is 11.7 Å². The predicted octanol–water partition coefficient (Wildman–Crippen LogP) is 5.33. The maximum Gasteiger partial charge on any atom is 0.291 e. The van der Waals surface area contributed by atoms with E-state index in [1.54, 1.807) is 30.0 Å². The molecule has 1 aliphatic rings. The van der Waals surface area contributed by atoms with Crippen LogP contribution in [0, 0.1) is 0 Å². The molecule has 0 radical (unpaired) electrons. The summed E-state index contributed by atoms with van der Waals surface area (Å²) >= 11 is 1.66. The smallest absolute Gasteiger partial charge is 0.291 e. The number of carbonyl (C=O) groups excluding carboxylic acids is 1. The number of amides is 1. The van der Waals surface area contributed by atoms with Gasteiger partial charge in [-0.1, -0.05) is 18.2 Å². The molecule has 1 amide bonds. The van der Waals surface area contributed by atoms with Crippen molar-refractivity contribution in [1.29, 1.82) is 0 Å². The maximum atomic E-state index is 12.6. The molecule has 4 rings (SSSR count). The van der Waals surface area contributed by atoms with Crippen molar-refractivity contribution in [2.24, 2.45) is 0 Å². The first kappa shape index (κ1) is 17.5. The van der Waals surface area contributed by atoms with Crippen LogP contribution >= 0.6 is 11.8 Å². The molecule has 2 heterocycles. The molecule has 1 aromatic heterocycles. The van der Waals surface area contributed by atoms with Gasteiger partial charge < -0.3 is 19.2 Å². The lowest BCUT2D eigenvalue weighted by Crippen LogP contribution is -2.29. The van der Waals surface area contributed by atoms with Gasteiger partial charge in [0, 0.05) is 41.8 Å². The zero-order chi connectivity index (χ0) is 18.9. The second-order valence-electron chi connectivity index (χ2n) is 6.60. The molecule has 0 saturated heterocycles. The molecule has 2 aromatic carbocycles. The fourth-order valence-electron chi connectivity index (χ4n) is 2.81. The minimum absolute atomic E-state index is 0.290. The Hall–Kier alpha value is -2.86. The van der Waals surface area contributed by atoms with Crippen LogP contribution in [0.1, 0.15) is 30.0 Å². The number of fused-ring (bicyclic) bond motifs is 1. The van der Waals surface area contributed by atoms with Gasteiger partial charge in [-0.2, -0.15) is 0 Å². The van der Waals surface area contributed by atoms with Gasteiger partial charge in [-0.3, -0.25) is 4.79 Å². The zero-order valence-corrected chi connectivity index (χ0v) is 15.8. The standard InChI is InChI=1S/C21H19NO4S/c1-21(2)25-17-9-8-15(12-18(17)26-21)22-20(23)19-14(10-11-24-19)13-27-16-6-4-3-5-7-16/h3-12H,13H2,1-2H3,(H,22,23). The summed E-state index contributed by atoms with van der Waals surface area (Å²) in [5, 5.41) is 2.86. The minimum Gasteiger partial charge on any atom is -0.459 e. The number of furan rings is 1. The quantitative estimate of drug-likeness (QED) is 0.605. The van der Waals surface area contributed by atoms with Crippen LogP contribution in [0.4, 0.5) is 5.69 Å². The van der Waals surface area contributed by atoms with Crippen molar-refractivity contribution in [3.05, 3.63) is 72.2 Å². The molecule has 3 aromatic rings. The second-order valence-corrected chi connectivity index (χ2v) is 7.65. The molecule has 0 saturated carbocycles. The Morgan fingerprint density at radius 1 is 1.04 bits per heavy atom. The van der Waals surface area contributed by atoms with Gasteiger partial charge >= 0.3 is 0 Å². The summed E-state index contributed by atoms with van der Waals surface area (Å²) in [5.74, 6) is 1.25. The van der Waals surface area contributed by atoms with Crippen molar-refractivity contribution in [1.82, 2.24) is 0 Å². The summed E-state index contributed by atoms with van der Waals surface area (Å²) in [4.78, 5) is 13.8. The van der Waals surface area contributed by atoms with Crippen molar-refractivity contribution in [2.45, 2.75) is 30.3 Å². The van der Waals surface area contributed by atoms with Crippen molar-refractivity contribution in [3.63, 3.8) is 0 Å². The van der Waals surface area contributed by atoms with Crippen LogP contribution in [0.3, 0.4) is 0 Å². The lowest BCUT2D eigenvalue weighted by atomic mass is 10.2. The van der Waals surface area contributed by atoms with E-state index in [4.69, 9.17) is 13.9 Å². The third kappa shape index (κ3) is 3.95. The highest BCUT2D eigenvalue weighted by atomic mass is 32.2. The molecule has 0 fully saturated rings. The van der Waals surface area contributed by atoms with Gasteiger partial charge in [0.05, 0.1) is 6.26 Å². The summed E-state index contributed by atoms with van der Waals surface area (Å²) in [7, 11) is 0. The highest BCUT2D eigenvalue weighted by Gasteiger charge is 2.31.